The van der Waals surface area contributed by atoms with Crippen LogP contribution >= 0.6 is 35.4 Å². The Balaban J connectivity index is 1.59. The van der Waals surface area contributed by atoms with E-state index in [9.17, 15) is 4.79 Å². The van der Waals surface area contributed by atoms with Crippen LogP contribution in [0, 0.1) is 6.92 Å². The van der Waals surface area contributed by atoms with Crippen molar-refractivity contribution in [1.29, 1.82) is 0 Å². The average Bonchev–Trinajstić information content (AvgIpc) is 3.08. The maximum absolute atomic E-state index is 13.1. The number of benzene rings is 3. The van der Waals surface area contributed by atoms with Gasteiger partial charge in [0.2, 0.25) is 0 Å². The highest BCUT2D eigenvalue weighted by atomic mass is 35.5. The third-order valence-corrected chi connectivity index (χ3v) is 6.24. The van der Waals surface area contributed by atoms with Crippen LogP contribution in [0.5, 0.6) is 11.5 Å². The van der Waals surface area contributed by atoms with Crippen molar-refractivity contribution in [3.8, 4) is 11.5 Å². The number of carbonyl (C=O) groups is 1. The Morgan fingerprint density at radius 3 is 2.61 bits per heavy atom. The number of nitrogens with one attached hydrogen (secondary N) is 1. The fourth-order valence-electron chi connectivity index (χ4n) is 3.49. The molecule has 1 amide bonds. The second-order valence-electron chi connectivity index (χ2n) is 7.33. The maximum Gasteiger partial charge on any atom is 0.281 e. The quantitative estimate of drug-likeness (QED) is 0.326. The van der Waals surface area contributed by atoms with E-state index < -0.39 is 0 Å². The molecular weight excluding hydrogens is 479 g/mol. The average molecular weight is 499 g/mol. The second-order valence-corrected chi connectivity index (χ2v) is 8.50. The first-order chi connectivity index (χ1) is 15.9. The normalized spacial score (nSPS) is 14.5. The smallest absolute Gasteiger partial charge is 0.281 e. The first-order valence-corrected chi connectivity index (χ1v) is 11.2. The molecule has 1 saturated heterocycles. The number of ether oxygens (including phenoxy) is 2. The number of thiocarbonyl (C=S) groups is 1. The van der Waals surface area contributed by atoms with Crippen molar-refractivity contribution in [1.82, 2.24) is 5.32 Å². The van der Waals surface area contributed by atoms with Gasteiger partial charge in [0.1, 0.15) is 28.8 Å². The fourth-order valence-corrected chi connectivity index (χ4v) is 4.12. The summed E-state index contributed by atoms with van der Waals surface area (Å²) in [4.78, 5) is 14.6. The number of methoxy groups -OCH3 is 1. The molecule has 0 unspecified atom stereocenters. The first-order valence-electron chi connectivity index (χ1n) is 10.1. The van der Waals surface area contributed by atoms with Gasteiger partial charge in [-0.3, -0.25) is 9.69 Å². The molecule has 0 saturated carbocycles. The molecular formula is C25H20Cl2N2O3S. The molecule has 4 rings (SSSR count). The fraction of sp³-hybridized carbons (Fsp3) is 0.120. The molecule has 1 N–H and O–H groups in total. The number of hydrogen-bond acceptors (Lipinski definition) is 4. The van der Waals surface area contributed by atoms with Crippen LogP contribution in [0.15, 0.2) is 66.4 Å². The number of nitrogens with zero attached hydrogens (tertiary/aromatic N) is 1. The number of carbonyl (C=O) groups excluding carboxylic acids is 1. The topological polar surface area (TPSA) is 50.8 Å². The standard InChI is InChI=1S/C25H20Cl2N2O3S/c1-15-6-3-4-8-20(15)29-24(30)19(28-25(29)33)13-16-10-11-21(31-2)17(12-16)14-32-22-9-5-7-18(26)23(22)27/h3-13H,14H2,1-2H3,(H,28,33)/b19-13+. The maximum atomic E-state index is 13.1. The van der Waals surface area contributed by atoms with Gasteiger partial charge in [-0.05, 0) is 66.7 Å². The number of para-hydroxylation sites is 1. The van der Waals surface area contributed by atoms with E-state index in [0.29, 0.717) is 32.4 Å². The van der Waals surface area contributed by atoms with Crippen LogP contribution in [-0.4, -0.2) is 18.1 Å². The minimum atomic E-state index is -0.214. The molecule has 0 spiro atoms. The molecule has 1 aliphatic rings. The van der Waals surface area contributed by atoms with Crippen molar-refractivity contribution in [2.24, 2.45) is 0 Å². The van der Waals surface area contributed by atoms with E-state index in [0.717, 1.165) is 22.4 Å². The van der Waals surface area contributed by atoms with Crippen LogP contribution in [0.1, 0.15) is 16.7 Å². The van der Waals surface area contributed by atoms with Gasteiger partial charge in [-0.2, -0.15) is 0 Å². The number of hydrogen-bond donors (Lipinski definition) is 1. The van der Waals surface area contributed by atoms with Gasteiger partial charge in [-0.1, -0.05) is 53.5 Å². The van der Waals surface area contributed by atoms with Gasteiger partial charge in [-0.15, -0.1) is 0 Å². The van der Waals surface area contributed by atoms with Crippen LogP contribution in [0.4, 0.5) is 5.69 Å². The monoisotopic (exact) mass is 498 g/mol. The predicted molar refractivity (Wildman–Crippen MR) is 136 cm³/mol. The molecule has 168 valence electrons. The van der Waals surface area contributed by atoms with Gasteiger partial charge >= 0.3 is 0 Å². The highest BCUT2D eigenvalue weighted by Crippen LogP contribution is 2.33. The van der Waals surface area contributed by atoms with Crippen molar-refractivity contribution < 1.29 is 14.3 Å². The van der Waals surface area contributed by atoms with E-state index in [-0.39, 0.29) is 12.5 Å². The van der Waals surface area contributed by atoms with Gasteiger partial charge < -0.3 is 14.8 Å². The molecule has 3 aromatic carbocycles. The number of amides is 1. The van der Waals surface area contributed by atoms with E-state index in [1.165, 1.54) is 4.90 Å². The van der Waals surface area contributed by atoms with Gasteiger partial charge in [0, 0.05) is 5.56 Å². The van der Waals surface area contributed by atoms with Gasteiger partial charge in [-0.25, -0.2) is 0 Å². The van der Waals surface area contributed by atoms with Gasteiger partial charge in [0.15, 0.2) is 5.11 Å². The molecule has 0 bridgehead atoms. The van der Waals surface area contributed by atoms with Crippen LogP contribution in [0.3, 0.4) is 0 Å². The van der Waals surface area contributed by atoms with Crippen LogP contribution < -0.4 is 19.7 Å². The molecule has 0 aromatic heterocycles. The summed E-state index contributed by atoms with van der Waals surface area (Å²) in [5, 5.41) is 4.13. The SMILES string of the molecule is COc1ccc(/C=C2/NC(=S)N(c3ccccc3C)C2=O)cc1COc1cccc(Cl)c1Cl. The Morgan fingerprint density at radius 1 is 1.06 bits per heavy atom. The molecule has 0 aliphatic carbocycles. The molecule has 3 aromatic rings. The molecule has 0 radical (unpaired) electrons. The van der Waals surface area contributed by atoms with E-state index in [1.54, 1.807) is 31.4 Å². The predicted octanol–water partition coefficient (Wildman–Crippen LogP) is 6.15. The molecule has 1 fully saturated rings. The van der Waals surface area contributed by atoms with Crippen LogP contribution in [0.25, 0.3) is 6.08 Å². The van der Waals surface area contributed by atoms with Crippen molar-refractivity contribution in [3.63, 3.8) is 0 Å². The zero-order valence-electron chi connectivity index (χ0n) is 17.9. The third-order valence-electron chi connectivity index (χ3n) is 5.15. The Labute approximate surface area is 207 Å². The molecule has 33 heavy (non-hydrogen) atoms. The number of rotatable bonds is 6. The van der Waals surface area contributed by atoms with Crippen molar-refractivity contribution >= 4 is 58.2 Å². The number of halogens is 2. The molecule has 8 heteroatoms. The minimum absolute atomic E-state index is 0.204. The lowest BCUT2D eigenvalue weighted by molar-refractivity contribution is -0.113. The Bertz CT molecular complexity index is 1280. The summed E-state index contributed by atoms with van der Waals surface area (Å²) in [5.74, 6) is 0.911. The lowest BCUT2D eigenvalue weighted by atomic mass is 10.1. The summed E-state index contributed by atoms with van der Waals surface area (Å²) in [6.07, 6.45) is 1.75. The second kappa shape index (κ2) is 9.83. The number of aryl methyl sites for hydroxylation is 1. The van der Waals surface area contributed by atoms with Crippen molar-refractivity contribution in [2.45, 2.75) is 13.5 Å². The van der Waals surface area contributed by atoms with E-state index >= 15 is 0 Å². The summed E-state index contributed by atoms with van der Waals surface area (Å²) in [7, 11) is 1.59. The molecule has 5 nitrogen and oxygen atoms in total. The van der Waals surface area contributed by atoms with Crippen LogP contribution in [-0.2, 0) is 11.4 Å². The van der Waals surface area contributed by atoms with Gasteiger partial charge in [0.25, 0.3) is 5.91 Å². The number of anilines is 1. The summed E-state index contributed by atoms with van der Waals surface area (Å²) in [6.45, 7) is 2.14. The van der Waals surface area contributed by atoms with E-state index in [4.69, 9.17) is 44.9 Å². The first kappa shape index (κ1) is 23.1. The Kier molecular flexibility index (Phi) is 6.88. The zero-order chi connectivity index (χ0) is 23.5. The third kappa shape index (κ3) is 4.83. The minimum Gasteiger partial charge on any atom is -0.496 e. The summed E-state index contributed by atoms with van der Waals surface area (Å²) >= 11 is 17.7. The lowest BCUT2D eigenvalue weighted by Crippen LogP contribution is -2.30. The van der Waals surface area contributed by atoms with Crippen molar-refractivity contribution in [3.05, 3.63) is 93.1 Å². The van der Waals surface area contributed by atoms with E-state index in [2.05, 4.69) is 5.32 Å². The molecule has 0 atom stereocenters. The summed E-state index contributed by atoms with van der Waals surface area (Å²) < 4.78 is 11.3. The summed E-state index contributed by atoms with van der Waals surface area (Å²) in [5.41, 5.74) is 3.67. The van der Waals surface area contributed by atoms with Crippen molar-refractivity contribution in [2.75, 3.05) is 12.0 Å². The highest BCUT2D eigenvalue weighted by Gasteiger charge is 2.32. The Hall–Kier alpha value is -3.06. The summed E-state index contributed by atoms with van der Waals surface area (Å²) in [6, 6.07) is 18.4. The molecule has 1 heterocycles. The zero-order valence-corrected chi connectivity index (χ0v) is 20.2. The lowest BCUT2D eigenvalue weighted by Gasteiger charge is -2.16. The Morgan fingerprint density at radius 2 is 1.85 bits per heavy atom. The highest BCUT2D eigenvalue weighted by molar-refractivity contribution is 7.80. The van der Waals surface area contributed by atoms with Crippen LogP contribution in [0.2, 0.25) is 10.0 Å². The van der Waals surface area contributed by atoms with Gasteiger partial charge in [0.05, 0.1) is 17.8 Å². The van der Waals surface area contributed by atoms with E-state index in [1.807, 2.05) is 49.4 Å². The largest absolute Gasteiger partial charge is 0.496 e. The molecule has 1 aliphatic heterocycles.